The summed E-state index contributed by atoms with van der Waals surface area (Å²) >= 11 is 5.92. The lowest BCUT2D eigenvalue weighted by Gasteiger charge is -2.25. The third kappa shape index (κ3) is 5.16. The predicted octanol–water partition coefficient (Wildman–Crippen LogP) is 3.46. The van der Waals surface area contributed by atoms with E-state index < -0.39 is 36.5 Å². The van der Waals surface area contributed by atoms with Gasteiger partial charge in [-0.3, -0.25) is 14.5 Å². The van der Waals surface area contributed by atoms with Crippen LogP contribution in [0.5, 0.6) is 5.75 Å². The van der Waals surface area contributed by atoms with Crippen LogP contribution < -0.4 is 15.4 Å². The maximum Gasteiger partial charge on any atom is 0.387 e. The number of benzene rings is 2. The molecule has 1 unspecified atom stereocenters. The Kier molecular flexibility index (Phi) is 7.29. The summed E-state index contributed by atoms with van der Waals surface area (Å²) in [6.07, 6.45) is 0.743. The van der Waals surface area contributed by atoms with Crippen molar-refractivity contribution in [3.63, 3.8) is 0 Å². The summed E-state index contributed by atoms with van der Waals surface area (Å²) in [5.74, 6) is -0.947. The van der Waals surface area contributed by atoms with Gasteiger partial charge in [-0.2, -0.15) is 8.78 Å². The van der Waals surface area contributed by atoms with Gasteiger partial charge in [-0.05, 0) is 48.2 Å². The summed E-state index contributed by atoms with van der Waals surface area (Å²) in [5, 5.41) is 5.87. The maximum atomic E-state index is 13.1. The molecule has 3 rings (SSSR count). The Morgan fingerprint density at radius 3 is 2.41 bits per heavy atom. The highest BCUT2D eigenvalue weighted by Gasteiger charge is 2.51. The zero-order chi connectivity index (χ0) is 23.3. The Bertz CT molecular complexity index is 986. The van der Waals surface area contributed by atoms with Gasteiger partial charge in [-0.25, -0.2) is 4.79 Å². The van der Waals surface area contributed by atoms with E-state index in [9.17, 15) is 23.2 Å². The first-order chi connectivity index (χ1) is 15.2. The number of halogens is 3. The minimum absolute atomic E-state index is 0.0476. The van der Waals surface area contributed by atoms with Gasteiger partial charge in [0.05, 0.1) is 0 Å². The van der Waals surface area contributed by atoms with E-state index in [4.69, 9.17) is 11.6 Å². The molecule has 2 aromatic rings. The topological polar surface area (TPSA) is 87.7 Å². The molecule has 1 atom stereocenters. The monoisotopic (exact) mass is 465 g/mol. The highest BCUT2D eigenvalue weighted by molar-refractivity contribution is 6.30. The minimum atomic E-state index is -2.89. The third-order valence-corrected chi connectivity index (χ3v) is 5.48. The SMILES string of the molecule is CCC1(c2ccc(Cl)cc2)NC(=O)N(CC(=O)NCCc2ccc(OC(F)F)cc2)C1=O. The summed E-state index contributed by atoms with van der Waals surface area (Å²) in [6.45, 7) is -1.29. The number of ether oxygens (including phenoxy) is 1. The number of hydrogen-bond acceptors (Lipinski definition) is 4. The number of carbonyl (C=O) groups is 3. The Morgan fingerprint density at radius 1 is 1.16 bits per heavy atom. The zero-order valence-corrected chi connectivity index (χ0v) is 18.0. The van der Waals surface area contributed by atoms with Crippen molar-refractivity contribution in [2.75, 3.05) is 13.1 Å². The molecule has 0 bridgehead atoms. The average Bonchev–Trinajstić information content (AvgIpc) is 3.00. The molecule has 0 aliphatic carbocycles. The minimum Gasteiger partial charge on any atom is -0.435 e. The standard InChI is InChI=1S/C22H22ClF2N3O4/c1-2-22(15-5-7-16(23)8-6-15)19(30)28(21(31)27-22)13-18(29)26-12-11-14-3-9-17(10-4-14)32-20(24)25/h3-10,20H,2,11-13H2,1H3,(H,26,29)(H,27,31). The fourth-order valence-corrected chi connectivity index (χ4v) is 3.65. The van der Waals surface area contributed by atoms with Gasteiger partial charge in [-0.1, -0.05) is 42.8 Å². The highest BCUT2D eigenvalue weighted by atomic mass is 35.5. The van der Waals surface area contributed by atoms with Crippen molar-refractivity contribution in [2.45, 2.75) is 31.9 Å². The maximum absolute atomic E-state index is 13.1. The largest absolute Gasteiger partial charge is 0.435 e. The van der Waals surface area contributed by atoms with E-state index >= 15 is 0 Å². The second-order valence-electron chi connectivity index (χ2n) is 7.21. The third-order valence-electron chi connectivity index (χ3n) is 5.23. The number of rotatable bonds is 9. The molecule has 1 aliphatic rings. The van der Waals surface area contributed by atoms with Crippen LogP contribution in [0, 0.1) is 0 Å². The molecule has 0 spiro atoms. The van der Waals surface area contributed by atoms with Crippen molar-refractivity contribution < 1.29 is 27.9 Å². The van der Waals surface area contributed by atoms with Gasteiger partial charge in [0.25, 0.3) is 5.91 Å². The molecule has 32 heavy (non-hydrogen) atoms. The van der Waals surface area contributed by atoms with Gasteiger partial charge >= 0.3 is 12.6 Å². The van der Waals surface area contributed by atoms with Crippen LogP contribution in [0.3, 0.4) is 0 Å². The van der Waals surface area contributed by atoms with Gasteiger partial charge < -0.3 is 15.4 Å². The smallest absolute Gasteiger partial charge is 0.387 e. The molecule has 7 nitrogen and oxygen atoms in total. The van der Waals surface area contributed by atoms with Gasteiger partial charge in [0, 0.05) is 11.6 Å². The van der Waals surface area contributed by atoms with E-state index in [1.807, 2.05) is 0 Å². The zero-order valence-electron chi connectivity index (χ0n) is 17.2. The van der Waals surface area contributed by atoms with Crippen LogP contribution in [-0.4, -0.2) is 42.4 Å². The lowest BCUT2D eigenvalue weighted by Crippen LogP contribution is -2.45. The van der Waals surface area contributed by atoms with Gasteiger partial charge in [-0.15, -0.1) is 0 Å². The summed E-state index contributed by atoms with van der Waals surface area (Å²) in [7, 11) is 0. The molecule has 170 valence electrons. The van der Waals surface area contributed by atoms with Crippen LogP contribution >= 0.6 is 11.6 Å². The van der Waals surface area contributed by atoms with Crippen LogP contribution in [0.1, 0.15) is 24.5 Å². The van der Waals surface area contributed by atoms with E-state index in [2.05, 4.69) is 15.4 Å². The normalized spacial score (nSPS) is 18.1. The predicted molar refractivity (Wildman–Crippen MR) is 113 cm³/mol. The van der Waals surface area contributed by atoms with E-state index in [0.717, 1.165) is 10.5 Å². The fourth-order valence-electron chi connectivity index (χ4n) is 3.53. The summed E-state index contributed by atoms with van der Waals surface area (Å²) in [6, 6.07) is 12.0. The van der Waals surface area contributed by atoms with Crippen molar-refractivity contribution in [1.82, 2.24) is 15.5 Å². The number of amides is 4. The quantitative estimate of drug-likeness (QED) is 0.555. The van der Waals surface area contributed by atoms with Crippen LogP contribution in [-0.2, 0) is 21.5 Å². The lowest BCUT2D eigenvalue weighted by molar-refractivity contribution is -0.135. The molecular weight excluding hydrogens is 444 g/mol. The number of imide groups is 1. The molecule has 1 aliphatic heterocycles. The number of nitrogens with zero attached hydrogens (tertiary/aromatic N) is 1. The number of alkyl halides is 2. The van der Waals surface area contributed by atoms with Crippen LogP contribution in [0.4, 0.5) is 13.6 Å². The molecule has 0 aromatic heterocycles. The summed E-state index contributed by atoms with van der Waals surface area (Å²) in [4.78, 5) is 38.7. The molecule has 2 N–H and O–H groups in total. The van der Waals surface area contributed by atoms with E-state index in [-0.39, 0.29) is 12.3 Å². The second kappa shape index (κ2) is 9.95. The number of carbonyl (C=O) groups excluding carboxylic acids is 3. The van der Waals surface area contributed by atoms with E-state index in [1.165, 1.54) is 12.1 Å². The molecule has 2 aromatic carbocycles. The van der Waals surface area contributed by atoms with Crippen molar-refractivity contribution >= 4 is 29.4 Å². The van der Waals surface area contributed by atoms with Crippen molar-refractivity contribution in [3.05, 3.63) is 64.7 Å². The van der Waals surface area contributed by atoms with E-state index in [0.29, 0.717) is 23.4 Å². The number of nitrogens with one attached hydrogen (secondary N) is 2. The first-order valence-electron chi connectivity index (χ1n) is 9.96. The fraction of sp³-hybridized carbons (Fsp3) is 0.318. The summed E-state index contributed by atoms with van der Waals surface area (Å²) in [5.41, 5.74) is 0.142. The first kappa shape index (κ1) is 23.5. The molecule has 10 heteroatoms. The molecule has 1 saturated heterocycles. The number of urea groups is 1. The van der Waals surface area contributed by atoms with Crippen molar-refractivity contribution in [1.29, 1.82) is 0 Å². The van der Waals surface area contributed by atoms with Crippen LogP contribution in [0.2, 0.25) is 5.02 Å². The van der Waals surface area contributed by atoms with Crippen LogP contribution in [0.25, 0.3) is 0 Å². The molecule has 4 amide bonds. The van der Waals surface area contributed by atoms with Crippen LogP contribution in [0.15, 0.2) is 48.5 Å². The Labute approximate surface area is 188 Å². The average molecular weight is 466 g/mol. The van der Waals surface area contributed by atoms with Gasteiger partial charge in [0.1, 0.15) is 17.8 Å². The molecule has 1 heterocycles. The van der Waals surface area contributed by atoms with Crippen molar-refractivity contribution in [3.8, 4) is 5.75 Å². The van der Waals surface area contributed by atoms with Gasteiger partial charge in [0.2, 0.25) is 5.91 Å². The highest BCUT2D eigenvalue weighted by Crippen LogP contribution is 2.33. The Hall–Kier alpha value is -3.20. The number of hydrogen-bond donors (Lipinski definition) is 2. The Balaban J connectivity index is 1.56. The molecular formula is C22H22ClF2N3O4. The Morgan fingerprint density at radius 2 is 1.81 bits per heavy atom. The van der Waals surface area contributed by atoms with E-state index in [1.54, 1.807) is 43.3 Å². The second-order valence-corrected chi connectivity index (χ2v) is 7.65. The molecule has 0 saturated carbocycles. The van der Waals surface area contributed by atoms with Crippen molar-refractivity contribution in [2.24, 2.45) is 0 Å². The summed E-state index contributed by atoms with van der Waals surface area (Å²) < 4.78 is 28.7. The van der Waals surface area contributed by atoms with Gasteiger partial charge in [0.15, 0.2) is 0 Å². The molecule has 1 fully saturated rings. The first-order valence-corrected chi connectivity index (χ1v) is 10.3. The lowest BCUT2D eigenvalue weighted by atomic mass is 9.87. The molecule has 0 radical (unpaired) electrons.